The first-order valence-electron chi connectivity index (χ1n) is 10.2. The van der Waals surface area contributed by atoms with Gasteiger partial charge in [0.05, 0.1) is 12.5 Å². The third kappa shape index (κ3) is 7.58. The molecule has 0 bridgehead atoms. The van der Waals surface area contributed by atoms with Crippen molar-refractivity contribution in [2.24, 2.45) is 0 Å². The topological polar surface area (TPSA) is 93.7 Å². The van der Waals surface area contributed by atoms with Crippen molar-refractivity contribution in [3.05, 3.63) is 35.9 Å². The standard InChI is InChI=1S/C21H34N4O3/c1-3-7-18(24-19(26)14-17-8-5-4-6-9-17)20(27)21(28)23-16(2)15-25-12-10-22-11-13-25/h4-6,8-9,16,18,20,22,27H,3,7,10-15H2,1-2H3,(H,23,28)(H,24,26)/t16?,18-,20-/m0/s1. The maximum Gasteiger partial charge on any atom is 0.251 e. The Bertz CT molecular complexity index is 605. The number of nitrogens with one attached hydrogen (secondary N) is 3. The fourth-order valence-corrected chi connectivity index (χ4v) is 3.50. The first-order valence-corrected chi connectivity index (χ1v) is 10.2. The summed E-state index contributed by atoms with van der Waals surface area (Å²) in [5.74, 6) is -0.619. The molecule has 1 aliphatic heterocycles. The van der Waals surface area contributed by atoms with Crippen molar-refractivity contribution in [3.8, 4) is 0 Å². The highest BCUT2D eigenvalue weighted by atomic mass is 16.3. The Labute approximate surface area is 167 Å². The summed E-state index contributed by atoms with van der Waals surface area (Å²) in [6.45, 7) is 8.47. The molecule has 1 aliphatic rings. The quantitative estimate of drug-likeness (QED) is 0.461. The monoisotopic (exact) mass is 390 g/mol. The molecule has 1 heterocycles. The molecule has 28 heavy (non-hydrogen) atoms. The summed E-state index contributed by atoms with van der Waals surface area (Å²) in [7, 11) is 0. The zero-order valence-electron chi connectivity index (χ0n) is 17.0. The molecule has 2 amide bonds. The number of carbonyl (C=O) groups excluding carboxylic acids is 2. The summed E-state index contributed by atoms with van der Waals surface area (Å²) in [5.41, 5.74) is 0.902. The van der Waals surface area contributed by atoms with Crippen LogP contribution in [0.15, 0.2) is 30.3 Å². The summed E-state index contributed by atoms with van der Waals surface area (Å²) < 4.78 is 0. The zero-order chi connectivity index (χ0) is 20.4. The Morgan fingerprint density at radius 3 is 2.50 bits per heavy atom. The van der Waals surface area contributed by atoms with Gasteiger partial charge in [-0.2, -0.15) is 0 Å². The van der Waals surface area contributed by atoms with Gasteiger partial charge in [-0.05, 0) is 18.9 Å². The van der Waals surface area contributed by atoms with Gasteiger partial charge in [0.25, 0.3) is 5.91 Å². The number of rotatable bonds is 10. The van der Waals surface area contributed by atoms with E-state index in [2.05, 4.69) is 20.9 Å². The number of nitrogens with zero attached hydrogens (tertiary/aromatic N) is 1. The number of benzene rings is 1. The number of hydrogen-bond donors (Lipinski definition) is 4. The van der Waals surface area contributed by atoms with Crippen molar-refractivity contribution >= 4 is 11.8 Å². The molecule has 1 aromatic carbocycles. The minimum atomic E-state index is -1.26. The minimum Gasteiger partial charge on any atom is -0.381 e. The van der Waals surface area contributed by atoms with Gasteiger partial charge >= 0.3 is 0 Å². The van der Waals surface area contributed by atoms with Crippen LogP contribution in [0.2, 0.25) is 0 Å². The normalized spacial score (nSPS) is 18.1. The maximum absolute atomic E-state index is 12.5. The van der Waals surface area contributed by atoms with Crippen LogP contribution in [0.5, 0.6) is 0 Å². The van der Waals surface area contributed by atoms with Crippen molar-refractivity contribution < 1.29 is 14.7 Å². The van der Waals surface area contributed by atoms with Crippen LogP contribution in [0, 0.1) is 0 Å². The summed E-state index contributed by atoms with van der Waals surface area (Å²) in [6, 6.07) is 8.78. The lowest BCUT2D eigenvalue weighted by molar-refractivity contribution is -0.133. The Hall–Kier alpha value is -1.96. The Morgan fingerprint density at radius 1 is 1.18 bits per heavy atom. The first kappa shape index (κ1) is 22.3. The van der Waals surface area contributed by atoms with E-state index in [1.165, 1.54) is 0 Å². The molecule has 2 rings (SSSR count). The molecule has 1 unspecified atom stereocenters. The Kier molecular flexibility index (Phi) is 9.40. The maximum atomic E-state index is 12.5. The van der Waals surface area contributed by atoms with E-state index in [0.717, 1.165) is 44.7 Å². The van der Waals surface area contributed by atoms with Crippen LogP contribution in [-0.4, -0.2) is 72.7 Å². The van der Waals surface area contributed by atoms with E-state index in [1.807, 2.05) is 44.2 Å². The van der Waals surface area contributed by atoms with E-state index in [4.69, 9.17) is 0 Å². The first-order chi connectivity index (χ1) is 13.5. The van der Waals surface area contributed by atoms with Crippen molar-refractivity contribution in [2.75, 3.05) is 32.7 Å². The third-order valence-corrected chi connectivity index (χ3v) is 4.93. The van der Waals surface area contributed by atoms with Crippen LogP contribution in [-0.2, 0) is 16.0 Å². The van der Waals surface area contributed by atoms with E-state index >= 15 is 0 Å². The molecule has 0 saturated carbocycles. The summed E-state index contributed by atoms with van der Waals surface area (Å²) in [4.78, 5) is 27.1. The van der Waals surface area contributed by atoms with Gasteiger partial charge in [-0.25, -0.2) is 0 Å². The molecular weight excluding hydrogens is 356 g/mol. The van der Waals surface area contributed by atoms with E-state index in [1.54, 1.807) is 0 Å². The van der Waals surface area contributed by atoms with E-state index < -0.39 is 18.1 Å². The number of hydrogen-bond acceptors (Lipinski definition) is 5. The molecule has 0 radical (unpaired) electrons. The number of piperazine rings is 1. The molecule has 7 nitrogen and oxygen atoms in total. The molecule has 3 atom stereocenters. The van der Waals surface area contributed by atoms with Crippen molar-refractivity contribution in [1.29, 1.82) is 0 Å². The molecule has 0 aromatic heterocycles. The molecule has 7 heteroatoms. The highest BCUT2D eigenvalue weighted by molar-refractivity contribution is 5.84. The fourth-order valence-electron chi connectivity index (χ4n) is 3.50. The van der Waals surface area contributed by atoms with E-state index in [0.29, 0.717) is 6.42 Å². The summed E-state index contributed by atoms with van der Waals surface area (Å²) >= 11 is 0. The van der Waals surface area contributed by atoms with Gasteiger partial charge in [0.15, 0.2) is 6.10 Å². The second kappa shape index (κ2) is 11.8. The zero-order valence-corrected chi connectivity index (χ0v) is 17.0. The average molecular weight is 391 g/mol. The molecule has 156 valence electrons. The van der Waals surface area contributed by atoms with Crippen molar-refractivity contribution in [3.63, 3.8) is 0 Å². The number of aliphatic hydroxyl groups is 1. The van der Waals surface area contributed by atoms with Crippen molar-refractivity contribution in [2.45, 2.75) is 51.3 Å². The van der Waals surface area contributed by atoms with Crippen LogP contribution in [0.3, 0.4) is 0 Å². The Morgan fingerprint density at radius 2 is 1.86 bits per heavy atom. The number of aliphatic hydroxyl groups excluding tert-OH is 1. The second-order valence-corrected chi connectivity index (χ2v) is 7.53. The lowest BCUT2D eigenvalue weighted by atomic mass is 10.0. The fraction of sp³-hybridized carbons (Fsp3) is 0.619. The van der Waals surface area contributed by atoms with Gasteiger partial charge < -0.3 is 21.1 Å². The van der Waals surface area contributed by atoms with Crippen LogP contribution in [0.4, 0.5) is 0 Å². The second-order valence-electron chi connectivity index (χ2n) is 7.53. The molecule has 1 fully saturated rings. The summed E-state index contributed by atoms with van der Waals surface area (Å²) in [6.07, 6.45) is 0.276. The molecule has 0 aliphatic carbocycles. The van der Waals surface area contributed by atoms with Gasteiger partial charge in [-0.3, -0.25) is 14.5 Å². The van der Waals surface area contributed by atoms with E-state index in [9.17, 15) is 14.7 Å². The SMILES string of the molecule is CCC[C@H](NC(=O)Cc1ccccc1)[C@H](O)C(=O)NC(C)CN1CCNCC1. The van der Waals surface area contributed by atoms with Crippen LogP contribution >= 0.6 is 0 Å². The lowest BCUT2D eigenvalue weighted by Crippen LogP contribution is -2.54. The largest absolute Gasteiger partial charge is 0.381 e. The number of carbonyl (C=O) groups is 2. The Balaban J connectivity index is 1.84. The van der Waals surface area contributed by atoms with Gasteiger partial charge in [-0.15, -0.1) is 0 Å². The van der Waals surface area contributed by atoms with Gasteiger partial charge in [0, 0.05) is 38.8 Å². The molecule has 4 N–H and O–H groups in total. The van der Waals surface area contributed by atoms with Crippen LogP contribution in [0.25, 0.3) is 0 Å². The van der Waals surface area contributed by atoms with Crippen LogP contribution in [0.1, 0.15) is 32.3 Å². The third-order valence-electron chi connectivity index (χ3n) is 4.93. The van der Waals surface area contributed by atoms with Crippen molar-refractivity contribution in [1.82, 2.24) is 20.9 Å². The number of amides is 2. The minimum absolute atomic E-state index is 0.0671. The molecular formula is C21H34N4O3. The lowest BCUT2D eigenvalue weighted by Gasteiger charge is -2.31. The highest BCUT2D eigenvalue weighted by Crippen LogP contribution is 2.06. The van der Waals surface area contributed by atoms with Gasteiger partial charge in [0.1, 0.15) is 0 Å². The van der Waals surface area contributed by atoms with E-state index in [-0.39, 0.29) is 18.4 Å². The predicted molar refractivity (Wildman–Crippen MR) is 110 cm³/mol. The van der Waals surface area contributed by atoms with Gasteiger partial charge in [0.2, 0.25) is 5.91 Å². The summed E-state index contributed by atoms with van der Waals surface area (Å²) in [5, 5.41) is 19.5. The molecule has 1 saturated heterocycles. The highest BCUT2D eigenvalue weighted by Gasteiger charge is 2.28. The molecule has 0 spiro atoms. The average Bonchev–Trinajstić information content (AvgIpc) is 2.68. The van der Waals surface area contributed by atoms with Crippen LogP contribution < -0.4 is 16.0 Å². The van der Waals surface area contributed by atoms with Gasteiger partial charge in [-0.1, -0.05) is 43.7 Å². The predicted octanol–water partition coefficient (Wildman–Crippen LogP) is 0.285. The molecule has 1 aromatic rings. The smallest absolute Gasteiger partial charge is 0.251 e.